The molecule has 2 aromatic heterocycles. The van der Waals surface area contributed by atoms with E-state index in [0.717, 1.165) is 30.5 Å². The number of aromatic nitrogens is 3. The second-order valence-corrected chi connectivity index (χ2v) is 9.38. The van der Waals surface area contributed by atoms with Crippen molar-refractivity contribution >= 4 is 23.0 Å². The van der Waals surface area contributed by atoms with Crippen LogP contribution in [0.1, 0.15) is 62.7 Å². The third-order valence-corrected chi connectivity index (χ3v) is 6.66. The molecule has 1 aliphatic carbocycles. The van der Waals surface area contributed by atoms with Gasteiger partial charge in [0.25, 0.3) is 0 Å². The zero-order valence-corrected chi connectivity index (χ0v) is 20.6. The van der Waals surface area contributed by atoms with Crippen LogP contribution >= 0.6 is 0 Å². The minimum absolute atomic E-state index is 0.0547. The van der Waals surface area contributed by atoms with Crippen molar-refractivity contribution < 1.29 is 31.5 Å². The molecule has 1 fully saturated rings. The van der Waals surface area contributed by atoms with Gasteiger partial charge >= 0.3 is 6.18 Å². The zero-order chi connectivity index (χ0) is 28.1. The van der Waals surface area contributed by atoms with Gasteiger partial charge in [0.05, 0.1) is 29.6 Å². The molecule has 0 atom stereocenters. The van der Waals surface area contributed by atoms with Crippen LogP contribution in [-0.4, -0.2) is 39.0 Å². The molecule has 1 amide bonds. The van der Waals surface area contributed by atoms with Gasteiger partial charge in [0.15, 0.2) is 17.3 Å². The third-order valence-electron chi connectivity index (χ3n) is 6.66. The van der Waals surface area contributed by atoms with Gasteiger partial charge < -0.3 is 11.1 Å². The number of carbonyl (C=O) groups excluding carboxylic acids is 2. The van der Waals surface area contributed by atoms with Crippen molar-refractivity contribution in [3.05, 3.63) is 82.2 Å². The lowest BCUT2D eigenvalue weighted by molar-refractivity contribution is -0.131. The number of ketones is 1. The Morgan fingerprint density at radius 1 is 1.13 bits per heavy atom. The van der Waals surface area contributed by atoms with E-state index in [4.69, 9.17) is 5.73 Å². The van der Waals surface area contributed by atoms with Gasteiger partial charge in [-0.1, -0.05) is 12.1 Å². The summed E-state index contributed by atoms with van der Waals surface area (Å²) in [4.78, 5) is 29.5. The summed E-state index contributed by atoms with van der Waals surface area (Å²) in [6.07, 6.45) is -2.37. The van der Waals surface area contributed by atoms with Crippen molar-refractivity contribution in [2.75, 3.05) is 11.9 Å². The van der Waals surface area contributed by atoms with E-state index >= 15 is 0 Å². The van der Waals surface area contributed by atoms with Crippen molar-refractivity contribution in [3.8, 4) is 11.3 Å². The maximum atomic E-state index is 14.4. The second kappa shape index (κ2) is 9.75. The van der Waals surface area contributed by atoms with Crippen LogP contribution in [0, 0.1) is 18.6 Å². The molecule has 0 bridgehead atoms. The molecule has 1 saturated carbocycles. The predicted molar refractivity (Wildman–Crippen MR) is 133 cm³/mol. The van der Waals surface area contributed by atoms with Crippen LogP contribution in [0.2, 0.25) is 0 Å². The molecule has 0 radical (unpaired) electrons. The summed E-state index contributed by atoms with van der Waals surface area (Å²) in [6.45, 7) is 1.26. The van der Waals surface area contributed by atoms with Crippen LogP contribution in [0.25, 0.3) is 16.9 Å². The summed E-state index contributed by atoms with van der Waals surface area (Å²) in [6, 6.07) is 7.54. The number of rotatable bonds is 8. The highest BCUT2D eigenvalue weighted by Gasteiger charge is 2.31. The molecule has 3 N–H and O–H groups in total. The number of amides is 1. The van der Waals surface area contributed by atoms with Gasteiger partial charge in [0, 0.05) is 17.7 Å². The van der Waals surface area contributed by atoms with E-state index in [1.807, 2.05) is 0 Å². The zero-order valence-electron chi connectivity index (χ0n) is 20.6. The summed E-state index contributed by atoms with van der Waals surface area (Å²) in [5, 5.41) is 6.99. The number of carbonyl (C=O) groups is 2. The number of nitrogens with one attached hydrogen (secondary N) is 1. The van der Waals surface area contributed by atoms with Gasteiger partial charge in [0.2, 0.25) is 11.7 Å². The average molecular weight is 543 g/mol. The van der Waals surface area contributed by atoms with Crippen LogP contribution in [0.5, 0.6) is 0 Å². The molecular weight excluding hydrogens is 521 g/mol. The molecule has 4 aromatic rings. The van der Waals surface area contributed by atoms with E-state index in [9.17, 15) is 31.5 Å². The minimum atomic E-state index is -4.43. The Bertz CT molecular complexity index is 1630. The fourth-order valence-electron chi connectivity index (χ4n) is 4.67. The summed E-state index contributed by atoms with van der Waals surface area (Å²) in [5.74, 6) is -3.99. The average Bonchev–Trinajstić information content (AvgIpc) is 3.61. The molecule has 39 heavy (non-hydrogen) atoms. The standard InChI is InChI=1S/C27H22F5N5O2/c1-13-15(25(33)39)7-8-16(22(13)14-5-6-14)21-12-35-26-20(34-10-9-27(30,31)32)11-19(36-37(21)26)24(38)17-3-2-4-18(28)23(17)29/h2-4,7-8,11-12,14,34H,5-6,9-10H2,1H3,(H2,33,39). The van der Waals surface area contributed by atoms with Gasteiger partial charge in [-0.05, 0) is 61.1 Å². The lowest BCUT2D eigenvalue weighted by Crippen LogP contribution is -2.17. The Labute approximate surface area is 218 Å². The Balaban J connectivity index is 1.69. The topological polar surface area (TPSA) is 102 Å². The van der Waals surface area contributed by atoms with Gasteiger partial charge in [-0.25, -0.2) is 18.3 Å². The number of hydrogen-bond acceptors (Lipinski definition) is 5. The van der Waals surface area contributed by atoms with Gasteiger partial charge in [-0.2, -0.15) is 18.3 Å². The highest BCUT2D eigenvalue weighted by molar-refractivity contribution is 6.08. The molecule has 2 aromatic carbocycles. The summed E-state index contributed by atoms with van der Waals surface area (Å²) >= 11 is 0. The van der Waals surface area contributed by atoms with E-state index in [0.29, 0.717) is 22.4 Å². The van der Waals surface area contributed by atoms with Crippen LogP contribution in [0.4, 0.5) is 27.6 Å². The molecule has 0 aliphatic heterocycles. The van der Waals surface area contributed by atoms with E-state index in [1.165, 1.54) is 22.8 Å². The minimum Gasteiger partial charge on any atom is -0.382 e. The Morgan fingerprint density at radius 2 is 1.87 bits per heavy atom. The van der Waals surface area contributed by atoms with Crippen LogP contribution < -0.4 is 11.1 Å². The molecule has 0 saturated heterocycles. The normalized spacial score (nSPS) is 13.6. The first-order chi connectivity index (χ1) is 18.5. The number of benzene rings is 2. The Morgan fingerprint density at radius 3 is 2.54 bits per heavy atom. The first-order valence-corrected chi connectivity index (χ1v) is 12.1. The molecule has 202 valence electrons. The van der Waals surface area contributed by atoms with E-state index in [-0.39, 0.29) is 22.9 Å². The second-order valence-electron chi connectivity index (χ2n) is 9.38. The molecule has 7 nitrogen and oxygen atoms in total. The fourth-order valence-corrected chi connectivity index (χ4v) is 4.67. The van der Waals surface area contributed by atoms with Crippen molar-refractivity contribution in [1.82, 2.24) is 14.6 Å². The van der Waals surface area contributed by atoms with Gasteiger partial charge in [-0.3, -0.25) is 9.59 Å². The first kappa shape index (κ1) is 26.3. The maximum Gasteiger partial charge on any atom is 0.390 e. The highest BCUT2D eigenvalue weighted by Crippen LogP contribution is 2.47. The molecule has 0 spiro atoms. The molecule has 5 rings (SSSR count). The lowest BCUT2D eigenvalue weighted by Gasteiger charge is -2.15. The number of nitrogens with zero attached hydrogens (tertiary/aromatic N) is 3. The summed E-state index contributed by atoms with van der Waals surface area (Å²) in [7, 11) is 0. The van der Waals surface area contributed by atoms with Crippen LogP contribution in [0.3, 0.4) is 0 Å². The number of halogens is 5. The largest absolute Gasteiger partial charge is 0.390 e. The molecule has 12 heteroatoms. The number of anilines is 1. The Hall–Kier alpha value is -4.35. The lowest BCUT2D eigenvalue weighted by atomic mass is 9.92. The number of alkyl halides is 3. The van der Waals surface area contributed by atoms with Crippen LogP contribution in [0.15, 0.2) is 42.6 Å². The number of primary amides is 1. The monoisotopic (exact) mass is 543 g/mol. The molecule has 2 heterocycles. The van der Waals surface area contributed by atoms with Crippen molar-refractivity contribution in [1.29, 1.82) is 0 Å². The van der Waals surface area contributed by atoms with Crippen molar-refractivity contribution in [3.63, 3.8) is 0 Å². The number of hydrogen-bond donors (Lipinski definition) is 2. The van der Waals surface area contributed by atoms with Gasteiger partial charge in [-0.15, -0.1) is 0 Å². The van der Waals surface area contributed by atoms with Crippen molar-refractivity contribution in [2.45, 2.75) is 38.3 Å². The van der Waals surface area contributed by atoms with Gasteiger partial charge in [0.1, 0.15) is 5.69 Å². The number of imidazole rings is 1. The Kier molecular flexibility index (Phi) is 6.57. The number of nitrogens with two attached hydrogens (primary N) is 1. The quantitative estimate of drug-likeness (QED) is 0.224. The highest BCUT2D eigenvalue weighted by atomic mass is 19.4. The maximum absolute atomic E-state index is 14.4. The van der Waals surface area contributed by atoms with Crippen LogP contribution in [-0.2, 0) is 0 Å². The van der Waals surface area contributed by atoms with E-state index in [2.05, 4.69) is 15.4 Å². The molecular formula is C27H22F5N5O2. The molecule has 1 aliphatic rings. The van der Waals surface area contributed by atoms with E-state index in [1.54, 1.807) is 19.1 Å². The summed E-state index contributed by atoms with van der Waals surface area (Å²) in [5.41, 5.74) is 7.77. The van der Waals surface area contributed by atoms with Crippen molar-refractivity contribution in [2.24, 2.45) is 5.73 Å². The smallest absolute Gasteiger partial charge is 0.382 e. The number of fused-ring (bicyclic) bond motifs is 1. The predicted octanol–water partition coefficient (Wildman–Crippen LogP) is 5.55. The van der Waals surface area contributed by atoms with E-state index < -0.39 is 48.0 Å². The first-order valence-electron chi connectivity index (χ1n) is 12.1. The summed E-state index contributed by atoms with van der Waals surface area (Å²) < 4.78 is 68.0. The SMILES string of the molecule is Cc1c(C(N)=O)ccc(-c2cnc3c(NCCC(F)(F)F)cc(C(=O)c4cccc(F)c4F)nn23)c1C1CC1. The third kappa shape index (κ3) is 5.06. The molecule has 0 unspecified atom stereocenters. The fraction of sp³-hybridized carbons (Fsp3) is 0.259.